The number of amides is 1. The van der Waals surface area contributed by atoms with Crippen molar-refractivity contribution >= 4 is 29.9 Å². The number of benzene rings is 1. The zero-order chi connectivity index (χ0) is 15.4. The highest BCUT2D eigenvalue weighted by Gasteiger charge is 2.30. The molecule has 1 aliphatic carbocycles. The van der Waals surface area contributed by atoms with E-state index < -0.39 is 0 Å². The summed E-state index contributed by atoms with van der Waals surface area (Å²) in [6.07, 6.45) is 3.88. The summed E-state index contributed by atoms with van der Waals surface area (Å²) in [7, 11) is 0. The van der Waals surface area contributed by atoms with Crippen LogP contribution in [0.4, 0.5) is 0 Å². The minimum absolute atomic E-state index is 0. The Morgan fingerprint density at radius 1 is 1.41 bits per heavy atom. The Bertz CT molecular complexity index is 493. The zero-order valence-electron chi connectivity index (χ0n) is 13.3. The maximum Gasteiger partial charge on any atom is 0.226 e. The molecule has 124 valence electrons. The van der Waals surface area contributed by atoms with Gasteiger partial charge in [-0.3, -0.25) is 4.79 Å². The molecule has 1 aliphatic rings. The minimum Gasteiger partial charge on any atom is -0.336 e. The maximum atomic E-state index is 12.8. The number of hydrogen-bond donors (Lipinski definition) is 1. The zero-order valence-corrected chi connectivity index (χ0v) is 14.9. The Morgan fingerprint density at radius 2 is 2.14 bits per heavy atom. The van der Waals surface area contributed by atoms with Crippen LogP contribution in [0.3, 0.4) is 0 Å². The SMILES string of the molecule is CC(C)N(Cc1cccc(Cl)c1)C(=O)C1CCCC(N)C1.Cl. The summed E-state index contributed by atoms with van der Waals surface area (Å²) in [5.74, 6) is 0.315. The summed E-state index contributed by atoms with van der Waals surface area (Å²) in [4.78, 5) is 14.8. The topological polar surface area (TPSA) is 46.3 Å². The first-order chi connectivity index (χ1) is 9.97. The number of carbonyl (C=O) groups excluding carboxylic acids is 1. The molecule has 0 aliphatic heterocycles. The van der Waals surface area contributed by atoms with Gasteiger partial charge in [0.1, 0.15) is 0 Å². The van der Waals surface area contributed by atoms with E-state index in [2.05, 4.69) is 13.8 Å². The number of rotatable bonds is 4. The Balaban J connectivity index is 0.00000242. The second-order valence-corrected chi connectivity index (χ2v) is 6.75. The summed E-state index contributed by atoms with van der Waals surface area (Å²) in [6.45, 7) is 4.74. The van der Waals surface area contributed by atoms with Crippen molar-refractivity contribution in [1.82, 2.24) is 4.90 Å². The Labute approximate surface area is 144 Å². The molecule has 3 nitrogen and oxygen atoms in total. The van der Waals surface area contributed by atoms with Crippen molar-refractivity contribution < 1.29 is 4.79 Å². The molecule has 2 N–H and O–H groups in total. The normalized spacial score (nSPS) is 21.3. The molecule has 1 saturated carbocycles. The Kier molecular flexibility index (Phi) is 7.67. The molecule has 1 fully saturated rings. The van der Waals surface area contributed by atoms with E-state index in [1.807, 2.05) is 29.2 Å². The van der Waals surface area contributed by atoms with Crippen LogP contribution in [0.15, 0.2) is 24.3 Å². The maximum absolute atomic E-state index is 12.8. The Morgan fingerprint density at radius 3 is 2.73 bits per heavy atom. The molecule has 0 bridgehead atoms. The number of nitrogens with zero attached hydrogens (tertiary/aromatic N) is 1. The summed E-state index contributed by atoms with van der Waals surface area (Å²) in [5.41, 5.74) is 7.10. The van der Waals surface area contributed by atoms with Gasteiger partial charge in [-0.2, -0.15) is 0 Å². The lowest BCUT2D eigenvalue weighted by molar-refractivity contribution is -0.139. The van der Waals surface area contributed by atoms with Crippen molar-refractivity contribution in [3.05, 3.63) is 34.9 Å². The lowest BCUT2D eigenvalue weighted by atomic mass is 9.85. The van der Waals surface area contributed by atoms with E-state index in [9.17, 15) is 4.79 Å². The molecule has 1 amide bonds. The second-order valence-electron chi connectivity index (χ2n) is 6.31. The molecule has 5 heteroatoms. The first-order valence-electron chi connectivity index (χ1n) is 7.78. The number of hydrogen-bond acceptors (Lipinski definition) is 2. The standard InChI is InChI=1S/C17H25ClN2O.ClH/c1-12(2)20(11-13-5-3-7-15(18)9-13)17(21)14-6-4-8-16(19)10-14;/h3,5,7,9,12,14,16H,4,6,8,10-11,19H2,1-2H3;1H. The third kappa shape index (κ3) is 5.15. The molecule has 1 aromatic carbocycles. The molecule has 2 unspecified atom stereocenters. The van der Waals surface area contributed by atoms with Crippen LogP contribution >= 0.6 is 24.0 Å². The first-order valence-corrected chi connectivity index (χ1v) is 8.15. The van der Waals surface area contributed by atoms with E-state index in [0.717, 1.165) is 31.2 Å². The smallest absolute Gasteiger partial charge is 0.226 e. The fourth-order valence-electron chi connectivity index (χ4n) is 3.03. The van der Waals surface area contributed by atoms with Gasteiger partial charge in [0.25, 0.3) is 0 Å². The van der Waals surface area contributed by atoms with Crippen molar-refractivity contribution in [2.45, 2.75) is 58.2 Å². The summed E-state index contributed by atoms with van der Waals surface area (Å²) in [6, 6.07) is 8.07. The van der Waals surface area contributed by atoms with Crippen LogP contribution in [-0.2, 0) is 11.3 Å². The molecule has 0 radical (unpaired) electrons. The van der Waals surface area contributed by atoms with Crippen molar-refractivity contribution in [1.29, 1.82) is 0 Å². The van der Waals surface area contributed by atoms with Gasteiger partial charge >= 0.3 is 0 Å². The van der Waals surface area contributed by atoms with Crippen LogP contribution in [0.2, 0.25) is 5.02 Å². The Hall–Kier alpha value is -0.770. The van der Waals surface area contributed by atoms with E-state index in [1.165, 1.54) is 0 Å². The third-order valence-corrected chi connectivity index (χ3v) is 4.45. The van der Waals surface area contributed by atoms with E-state index in [-0.39, 0.29) is 36.3 Å². The predicted molar refractivity (Wildman–Crippen MR) is 94.3 cm³/mol. The number of carbonyl (C=O) groups is 1. The van der Waals surface area contributed by atoms with Crippen molar-refractivity contribution in [3.8, 4) is 0 Å². The summed E-state index contributed by atoms with van der Waals surface area (Å²) >= 11 is 6.04. The molecule has 22 heavy (non-hydrogen) atoms. The van der Waals surface area contributed by atoms with Gasteiger partial charge in [-0.25, -0.2) is 0 Å². The molecule has 0 spiro atoms. The first kappa shape index (κ1) is 19.3. The van der Waals surface area contributed by atoms with Crippen LogP contribution in [0.1, 0.15) is 45.1 Å². The van der Waals surface area contributed by atoms with E-state index in [1.54, 1.807) is 0 Å². The quantitative estimate of drug-likeness (QED) is 0.896. The van der Waals surface area contributed by atoms with E-state index in [0.29, 0.717) is 11.6 Å². The molecule has 0 aromatic heterocycles. The second kappa shape index (κ2) is 8.76. The highest BCUT2D eigenvalue weighted by molar-refractivity contribution is 6.30. The summed E-state index contributed by atoms with van der Waals surface area (Å²) < 4.78 is 0. The average Bonchev–Trinajstić information content (AvgIpc) is 2.44. The summed E-state index contributed by atoms with van der Waals surface area (Å²) in [5, 5.41) is 0.711. The van der Waals surface area contributed by atoms with Gasteiger partial charge in [-0.1, -0.05) is 30.2 Å². The lowest BCUT2D eigenvalue weighted by Crippen LogP contribution is -2.43. The lowest BCUT2D eigenvalue weighted by Gasteiger charge is -2.34. The highest BCUT2D eigenvalue weighted by atomic mass is 35.5. The van der Waals surface area contributed by atoms with Crippen LogP contribution in [-0.4, -0.2) is 22.9 Å². The van der Waals surface area contributed by atoms with Crippen LogP contribution < -0.4 is 5.73 Å². The molecule has 0 heterocycles. The van der Waals surface area contributed by atoms with Crippen LogP contribution in [0.25, 0.3) is 0 Å². The van der Waals surface area contributed by atoms with Crippen LogP contribution in [0, 0.1) is 5.92 Å². The fourth-order valence-corrected chi connectivity index (χ4v) is 3.25. The van der Waals surface area contributed by atoms with Gasteiger partial charge in [0.05, 0.1) is 0 Å². The van der Waals surface area contributed by atoms with Crippen LogP contribution in [0.5, 0.6) is 0 Å². The van der Waals surface area contributed by atoms with Gasteiger partial charge in [-0.05, 0) is 50.8 Å². The van der Waals surface area contributed by atoms with Gasteiger partial charge < -0.3 is 10.6 Å². The molecule has 2 rings (SSSR count). The molecule has 2 atom stereocenters. The monoisotopic (exact) mass is 344 g/mol. The van der Waals surface area contributed by atoms with Crippen molar-refractivity contribution in [2.75, 3.05) is 0 Å². The van der Waals surface area contributed by atoms with Gasteiger partial charge in [0, 0.05) is 29.6 Å². The fraction of sp³-hybridized carbons (Fsp3) is 0.588. The predicted octanol–water partition coefficient (Wildman–Crippen LogP) is 4.02. The van der Waals surface area contributed by atoms with Crippen molar-refractivity contribution in [2.24, 2.45) is 11.7 Å². The van der Waals surface area contributed by atoms with Crippen molar-refractivity contribution in [3.63, 3.8) is 0 Å². The number of halogens is 2. The largest absolute Gasteiger partial charge is 0.336 e. The molecule has 0 saturated heterocycles. The van der Waals surface area contributed by atoms with E-state index >= 15 is 0 Å². The molecular formula is C17H26Cl2N2O. The van der Waals surface area contributed by atoms with E-state index in [4.69, 9.17) is 17.3 Å². The van der Waals surface area contributed by atoms with Gasteiger partial charge in [-0.15, -0.1) is 12.4 Å². The third-order valence-electron chi connectivity index (χ3n) is 4.21. The highest BCUT2D eigenvalue weighted by Crippen LogP contribution is 2.26. The van der Waals surface area contributed by atoms with Gasteiger partial charge in [0.15, 0.2) is 0 Å². The number of nitrogens with two attached hydrogens (primary N) is 1. The van der Waals surface area contributed by atoms with Gasteiger partial charge in [0.2, 0.25) is 5.91 Å². The molecule has 1 aromatic rings. The minimum atomic E-state index is 0. The average molecular weight is 345 g/mol. The molecular weight excluding hydrogens is 319 g/mol.